The zero-order chi connectivity index (χ0) is 18.9. The molecule has 26 heavy (non-hydrogen) atoms. The van der Waals surface area contributed by atoms with Crippen LogP contribution < -0.4 is 0 Å². The number of hydrogen-bond acceptors (Lipinski definition) is 3. The summed E-state index contributed by atoms with van der Waals surface area (Å²) >= 11 is 1.90. The number of fused-ring (bicyclic) bond motifs is 1. The lowest BCUT2D eigenvalue weighted by atomic mass is 9.69. The van der Waals surface area contributed by atoms with E-state index in [1.165, 1.54) is 34.0 Å². The molecule has 0 aliphatic heterocycles. The van der Waals surface area contributed by atoms with Crippen LogP contribution in [0.3, 0.4) is 0 Å². The second-order valence-corrected chi connectivity index (χ2v) is 10.4. The van der Waals surface area contributed by atoms with Gasteiger partial charge >= 0.3 is 5.97 Å². The average Bonchev–Trinajstić information content (AvgIpc) is 3.22. The van der Waals surface area contributed by atoms with E-state index in [0.29, 0.717) is 5.56 Å². The lowest BCUT2D eigenvalue weighted by Crippen LogP contribution is -2.32. The minimum atomic E-state index is -0.855. The largest absolute Gasteiger partial charge is 0.478 e. The number of carbonyl (C=O) groups is 1. The van der Waals surface area contributed by atoms with Crippen molar-refractivity contribution >= 4 is 17.3 Å². The molecule has 1 N–H and O–H groups in total. The normalized spacial score (nSPS) is 21.9. The van der Waals surface area contributed by atoms with E-state index in [1.807, 2.05) is 24.3 Å². The Kier molecular flexibility index (Phi) is 3.69. The molecule has 1 saturated carbocycles. The van der Waals surface area contributed by atoms with Gasteiger partial charge in [0.1, 0.15) is 5.01 Å². The Hall–Kier alpha value is -1.68. The van der Waals surface area contributed by atoms with Gasteiger partial charge in [-0.2, -0.15) is 0 Å². The minimum Gasteiger partial charge on any atom is -0.478 e. The Bertz CT molecular complexity index is 869. The molecular weight excluding hydrogens is 342 g/mol. The van der Waals surface area contributed by atoms with Crippen LogP contribution in [0.5, 0.6) is 0 Å². The van der Waals surface area contributed by atoms with Crippen LogP contribution in [0.1, 0.15) is 90.4 Å². The summed E-state index contributed by atoms with van der Waals surface area (Å²) in [6.07, 6.45) is 4.59. The van der Waals surface area contributed by atoms with Crippen molar-refractivity contribution in [3.8, 4) is 0 Å². The van der Waals surface area contributed by atoms with Crippen molar-refractivity contribution in [3.05, 3.63) is 50.5 Å². The van der Waals surface area contributed by atoms with Gasteiger partial charge in [-0.25, -0.2) is 9.78 Å². The highest BCUT2D eigenvalue weighted by Crippen LogP contribution is 2.58. The average molecular weight is 370 g/mol. The second-order valence-electron chi connectivity index (χ2n) is 9.38. The molecule has 0 atom stereocenters. The maximum absolute atomic E-state index is 11.3. The standard InChI is InChI=1S/C22H27NO2S/c1-13-12-14(6-7-15(13)18(24)25)22(10-11-22)19-23-16-17(26-19)21(4,5)9-8-20(16,2)3/h6-7,12H,8-11H2,1-5H3,(H,24,25). The maximum Gasteiger partial charge on any atom is 0.335 e. The van der Waals surface area contributed by atoms with Crippen LogP contribution in [0.4, 0.5) is 0 Å². The number of carboxylic acid groups (broad SMARTS) is 1. The van der Waals surface area contributed by atoms with Crippen LogP contribution in [-0.4, -0.2) is 16.1 Å². The van der Waals surface area contributed by atoms with Gasteiger partial charge in [0.05, 0.1) is 11.3 Å². The molecular formula is C22H27NO2S. The van der Waals surface area contributed by atoms with Gasteiger partial charge in [0, 0.05) is 21.1 Å². The van der Waals surface area contributed by atoms with Crippen molar-refractivity contribution in [3.63, 3.8) is 0 Å². The number of rotatable bonds is 3. The first kappa shape index (κ1) is 17.7. The summed E-state index contributed by atoms with van der Waals surface area (Å²) in [6, 6.07) is 5.82. The Balaban J connectivity index is 1.80. The summed E-state index contributed by atoms with van der Waals surface area (Å²) in [5.41, 5.74) is 4.07. The predicted octanol–water partition coefficient (Wildman–Crippen LogP) is 5.58. The summed E-state index contributed by atoms with van der Waals surface area (Å²) in [5.74, 6) is -0.855. The van der Waals surface area contributed by atoms with Gasteiger partial charge in [-0.1, -0.05) is 39.8 Å². The van der Waals surface area contributed by atoms with Crippen molar-refractivity contribution in [1.82, 2.24) is 4.98 Å². The molecule has 0 spiro atoms. The van der Waals surface area contributed by atoms with E-state index in [1.54, 1.807) is 6.07 Å². The van der Waals surface area contributed by atoms with Crippen molar-refractivity contribution in [2.24, 2.45) is 0 Å². The van der Waals surface area contributed by atoms with Crippen molar-refractivity contribution < 1.29 is 9.90 Å². The van der Waals surface area contributed by atoms with Crippen molar-refractivity contribution in [2.75, 3.05) is 0 Å². The highest BCUT2D eigenvalue weighted by Gasteiger charge is 2.51. The first-order chi connectivity index (χ1) is 12.1. The van der Waals surface area contributed by atoms with Crippen LogP contribution in [0.15, 0.2) is 18.2 Å². The van der Waals surface area contributed by atoms with Gasteiger partial charge < -0.3 is 5.11 Å². The van der Waals surface area contributed by atoms with Crippen LogP contribution in [0.25, 0.3) is 0 Å². The van der Waals surface area contributed by atoms with Crippen LogP contribution in [0, 0.1) is 6.92 Å². The van der Waals surface area contributed by atoms with E-state index in [2.05, 4.69) is 33.8 Å². The molecule has 0 unspecified atom stereocenters. The summed E-state index contributed by atoms with van der Waals surface area (Å²) in [5, 5.41) is 10.5. The minimum absolute atomic E-state index is 0.00401. The fourth-order valence-corrected chi connectivity index (χ4v) is 5.90. The molecule has 1 aromatic carbocycles. The molecule has 1 aromatic heterocycles. The van der Waals surface area contributed by atoms with E-state index in [9.17, 15) is 9.90 Å². The first-order valence-corrected chi connectivity index (χ1v) is 10.3. The number of nitrogens with zero attached hydrogens (tertiary/aromatic N) is 1. The predicted molar refractivity (Wildman–Crippen MR) is 106 cm³/mol. The van der Waals surface area contributed by atoms with Crippen molar-refractivity contribution in [2.45, 2.75) is 76.5 Å². The summed E-state index contributed by atoms with van der Waals surface area (Å²) in [4.78, 5) is 18.0. The number of carboxylic acids is 1. The number of thiazole rings is 1. The SMILES string of the molecule is Cc1cc(C2(c3nc4c(s3)C(C)(C)CCC4(C)C)CC2)ccc1C(=O)O. The third kappa shape index (κ3) is 2.53. The lowest BCUT2D eigenvalue weighted by molar-refractivity contribution is 0.0696. The van der Waals surface area contributed by atoms with Crippen molar-refractivity contribution in [1.29, 1.82) is 0 Å². The van der Waals surface area contributed by atoms with Gasteiger partial charge in [-0.3, -0.25) is 0 Å². The number of aryl methyl sites for hydroxylation is 1. The topological polar surface area (TPSA) is 50.2 Å². The molecule has 3 nitrogen and oxygen atoms in total. The maximum atomic E-state index is 11.3. The third-order valence-corrected chi connectivity index (χ3v) is 8.05. The first-order valence-electron chi connectivity index (χ1n) is 9.44. The quantitative estimate of drug-likeness (QED) is 0.768. The molecule has 0 saturated heterocycles. The van der Waals surface area contributed by atoms with Crippen LogP contribution >= 0.6 is 11.3 Å². The fraction of sp³-hybridized carbons (Fsp3) is 0.545. The molecule has 0 radical (unpaired) electrons. The highest BCUT2D eigenvalue weighted by molar-refractivity contribution is 7.12. The van der Waals surface area contributed by atoms with Crippen LogP contribution in [0.2, 0.25) is 0 Å². The molecule has 2 aliphatic carbocycles. The molecule has 1 heterocycles. The zero-order valence-corrected chi connectivity index (χ0v) is 17.1. The zero-order valence-electron chi connectivity index (χ0n) is 16.3. The Morgan fingerprint density at radius 2 is 1.73 bits per heavy atom. The number of aromatic carboxylic acids is 1. The van der Waals surface area contributed by atoms with Gasteiger partial charge in [0.15, 0.2) is 0 Å². The molecule has 0 amide bonds. The molecule has 1 fully saturated rings. The monoisotopic (exact) mass is 369 g/mol. The van der Waals surface area contributed by atoms with Crippen LogP contribution in [-0.2, 0) is 16.2 Å². The van der Waals surface area contributed by atoms with Gasteiger partial charge in [0.25, 0.3) is 0 Å². The van der Waals surface area contributed by atoms with E-state index in [4.69, 9.17) is 4.98 Å². The van der Waals surface area contributed by atoms with E-state index in [0.717, 1.165) is 18.4 Å². The summed E-state index contributed by atoms with van der Waals surface area (Å²) < 4.78 is 0. The molecule has 4 heteroatoms. The smallest absolute Gasteiger partial charge is 0.335 e. The third-order valence-electron chi connectivity index (χ3n) is 6.43. The van der Waals surface area contributed by atoms with Gasteiger partial charge in [0.2, 0.25) is 0 Å². The van der Waals surface area contributed by atoms with Gasteiger partial charge in [-0.05, 0) is 49.8 Å². The molecule has 2 aromatic rings. The van der Waals surface area contributed by atoms with E-state index >= 15 is 0 Å². The Morgan fingerprint density at radius 1 is 1.08 bits per heavy atom. The summed E-state index contributed by atoms with van der Waals surface area (Å²) in [6.45, 7) is 11.2. The lowest BCUT2D eigenvalue weighted by Gasteiger charge is -2.37. The Morgan fingerprint density at radius 3 is 2.27 bits per heavy atom. The molecule has 2 aliphatic rings. The van der Waals surface area contributed by atoms with E-state index in [-0.39, 0.29) is 16.2 Å². The fourth-order valence-electron chi connectivity index (χ4n) is 4.25. The van der Waals surface area contributed by atoms with E-state index < -0.39 is 5.97 Å². The number of aromatic nitrogens is 1. The number of hydrogen-bond donors (Lipinski definition) is 1. The Labute approximate surface area is 159 Å². The molecule has 4 rings (SSSR count). The second kappa shape index (κ2) is 5.41. The molecule has 138 valence electrons. The summed E-state index contributed by atoms with van der Waals surface area (Å²) in [7, 11) is 0. The highest BCUT2D eigenvalue weighted by atomic mass is 32.1. The number of benzene rings is 1. The van der Waals surface area contributed by atoms with Gasteiger partial charge in [-0.15, -0.1) is 11.3 Å². The molecule has 0 bridgehead atoms.